The number of hydrogen-bond acceptors (Lipinski definition) is 3. The van der Waals surface area contributed by atoms with Gasteiger partial charge in [0.25, 0.3) is 0 Å². The molecule has 0 saturated carbocycles. The molecule has 1 aromatic carbocycles. The Kier molecular flexibility index (Phi) is 3.87. The number of rotatable bonds is 4. The Labute approximate surface area is 82.2 Å². The van der Waals surface area contributed by atoms with Crippen molar-refractivity contribution in [1.82, 2.24) is 0 Å². The second-order valence-corrected chi connectivity index (χ2v) is 3.12. The lowest BCUT2D eigenvalue weighted by Gasteiger charge is -2.01. The van der Waals surface area contributed by atoms with E-state index in [1.807, 2.05) is 0 Å². The fourth-order valence-electron chi connectivity index (χ4n) is 0.868. The predicted molar refractivity (Wildman–Crippen MR) is 47.3 cm³/mol. The molecule has 1 atom stereocenters. The number of hydrogen-bond donors (Lipinski definition) is 1. The van der Waals surface area contributed by atoms with Gasteiger partial charge in [-0.15, -0.1) is 0 Å². The monoisotopic (exact) mass is 218 g/mol. The van der Waals surface area contributed by atoms with Crippen LogP contribution in [0.25, 0.3) is 0 Å². The molecule has 0 aliphatic heterocycles. The van der Waals surface area contributed by atoms with E-state index < -0.39 is 17.2 Å². The second-order valence-electron chi connectivity index (χ2n) is 2.45. The predicted octanol–water partition coefficient (Wildman–Crippen LogP) is 1.29. The van der Waals surface area contributed by atoms with Crippen LogP contribution in [0.1, 0.15) is 15.9 Å². The number of halogens is 1. The molecular weight excluding hydrogens is 211 g/mol. The van der Waals surface area contributed by atoms with E-state index in [1.54, 1.807) is 0 Å². The average Bonchev–Trinajstić information content (AvgIpc) is 2.15. The van der Waals surface area contributed by atoms with Crippen molar-refractivity contribution in [2.24, 2.45) is 0 Å². The zero-order valence-electron chi connectivity index (χ0n) is 6.97. The normalized spacial score (nSPS) is 12.4. The Balaban J connectivity index is 2.78. The summed E-state index contributed by atoms with van der Waals surface area (Å²) >= 11 is -2.42. The topological polar surface area (TPSA) is 63.6 Å². The van der Waals surface area contributed by atoms with Crippen LogP contribution in [0.5, 0.6) is 0 Å². The van der Waals surface area contributed by atoms with Gasteiger partial charge in [-0.1, -0.05) is 12.1 Å². The van der Waals surface area contributed by atoms with Gasteiger partial charge in [0.1, 0.15) is 12.1 Å². The summed E-state index contributed by atoms with van der Waals surface area (Å²) < 4.78 is 35.7. The number of benzene rings is 1. The lowest BCUT2D eigenvalue weighted by molar-refractivity contribution is 0.112. The molecule has 1 rings (SSSR count). The molecular formula is C8H7FO4S. The third-order valence-corrected chi connectivity index (χ3v) is 1.85. The largest absolute Gasteiger partial charge is 0.302 e. The molecule has 1 aromatic rings. The van der Waals surface area contributed by atoms with Crippen molar-refractivity contribution < 1.29 is 22.1 Å². The Morgan fingerprint density at radius 3 is 2.79 bits per heavy atom. The van der Waals surface area contributed by atoms with Crippen LogP contribution in [-0.4, -0.2) is 15.0 Å². The Hall–Kier alpha value is -1.11. The Morgan fingerprint density at radius 2 is 2.29 bits per heavy atom. The Bertz CT molecular complexity index is 366. The van der Waals surface area contributed by atoms with Crippen LogP contribution in [0.2, 0.25) is 0 Å². The minimum Gasteiger partial charge on any atom is -0.298 e. The van der Waals surface area contributed by atoms with E-state index in [-0.39, 0.29) is 17.7 Å². The zero-order chi connectivity index (χ0) is 10.6. The third kappa shape index (κ3) is 2.99. The van der Waals surface area contributed by atoms with E-state index in [0.717, 1.165) is 6.07 Å². The molecule has 0 aromatic heterocycles. The van der Waals surface area contributed by atoms with Gasteiger partial charge in [-0.3, -0.25) is 13.5 Å². The molecule has 0 bridgehead atoms. The molecule has 0 radical (unpaired) electrons. The standard InChI is InChI=1S/C8H7FO4S/c9-8-3-6(4-10)1-2-7(8)5-13-14(11)12/h1-4H,5H2,(H,11,12). The van der Waals surface area contributed by atoms with Crippen LogP contribution < -0.4 is 0 Å². The van der Waals surface area contributed by atoms with Crippen LogP contribution in [-0.2, 0) is 22.2 Å². The van der Waals surface area contributed by atoms with Crippen molar-refractivity contribution in [2.75, 3.05) is 0 Å². The maximum Gasteiger partial charge on any atom is 0.302 e. The first-order valence-electron chi connectivity index (χ1n) is 3.61. The van der Waals surface area contributed by atoms with Crippen molar-refractivity contribution in [3.05, 3.63) is 35.1 Å². The van der Waals surface area contributed by atoms with Crippen molar-refractivity contribution in [1.29, 1.82) is 0 Å². The van der Waals surface area contributed by atoms with E-state index >= 15 is 0 Å². The van der Waals surface area contributed by atoms with Gasteiger partial charge in [-0.05, 0) is 6.07 Å². The maximum absolute atomic E-state index is 13.1. The SMILES string of the molecule is O=Cc1ccc(COS(=O)O)c(F)c1. The highest BCUT2D eigenvalue weighted by Crippen LogP contribution is 2.10. The summed E-state index contributed by atoms with van der Waals surface area (Å²) in [7, 11) is 0. The lowest BCUT2D eigenvalue weighted by atomic mass is 10.1. The minimum absolute atomic E-state index is 0.123. The second kappa shape index (κ2) is 4.94. The van der Waals surface area contributed by atoms with Crippen molar-refractivity contribution in [2.45, 2.75) is 6.61 Å². The van der Waals surface area contributed by atoms with E-state index in [4.69, 9.17) is 4.55 Å². The van der Waals surface area contributed by atoms with Gasteiger partial charge in [0.2, 0.25) is 0 Å². The van der Waals surface area contributed by atoms with Crippen LogP contribution in [0.15, 0.2) is 18.2 Å². The Morgan fingerprint density at radius 1 is 1.57 bits per heavy atom. The van der Waals surface area contributed by atoms with Gasteiger partial charge in [-0.2, -0.15) is 4.21 Å². The van der Waals surface area contributed by atoms with E-state index in [0.29, 0.717) is 6.29 Å². The van der Waals surface area contributed by atoms with Crippen LogP contribution >= 0.6 is 0 Å². The van der Waals surface area contributed by atoms with Gasteiger partial charge >= 0.3 is 11.4 Å². The van der Waals surface area contributed by atoms with Gasteiger partial charge in [0, 0.05) is 11.1 Å². The smallest absolute Gasteiger partial charge is 0.298 e. The summed E-state index contributed by atoms with van der Waals surface area (Å²) in [6, 6.07) is 3.76. The van der Waals surface area contributed by atoms with Crippen LogP contribution in [0, 0.1) is 5.82 Å². The summed E-state index contributed by atoms with van der Waals surface area (Å²) in [5, 5.41) is 0. The van der Waals surface area contributed by atoms with Crippen molar-refractivity contribution in [3.8, 4) is 0 Å². The molecule has 1 N–H and O–H groups in total. The number of carbonyl (C=O) groups is 1. The summed E-state index contributed by atoms with van der Waals surface area (Å²) in [4.78, 5) is 10.2. The van der Waals surface area contributed by atoms with Crippen molar-refractivity contribution >= 4 is 17.6 Å². The number of carbonyl (C=O) groups excluding carboxylic acids is 1. The van der Waals surface area contributed by atoms with Crippen LogP contribution in [0.3, 0.4) is 0 Å². The fraction of sp³-hybridized carbons (Fsp3) is 0.125. The molecule has 6 heteroatoms. The highest BCUT2D eigenvalue weighted by Gasteiger charge is 2.04. The molecule has 1 unspecified atom stereocenters. The average molecular weight is 218 g/mol. The molecule has 14 heavy (non-hydrogen) atoms. The molecule has 0 heterocycles. The highest BCUT2D eigenvalue weighted by molar-refractivity contribution is 7.74. The van der Waals surface area contributed by atoms with E-state index in [1.165, 1.54) is 12.1 Å². The van der Waals surface area contributed by atoms with Gasteiger partial charge in [0.15, 0.2) is 0 Å². The first-order valence-corrected chi connectivity index (χ1v) is 4.64. The molecule has 0 fully saturated rings. The molecule has 0 saturated heterocycles. The highest BCUT2D eigenvalue weighted by atomic mass is 32.2. The van der Waals surface area contributed by atoms with E-state index in [9.17, 15) is 13.4 Å². The van der Waals surface area contributed by atoms with Crippen molar-refractivity contribution in [3.63, 3.8) is 0 Å². The lowest BCUT2D eigenvalue weighted by Crippen LogP contribution is -1.99. The first-order chi connectivity index (χ1) is 6.63. The van der Waals surface area contributed by atoms with Gasteiger partial charge < -0.3 is 0 Å². The molecule has 4 nitrogen and oxygen atoms in total. The quantitative estimate of drug-likeness (QED) is 0.611. The molecule has 76 valence electrons. The minimum atomic E-state index is -2.42. The summed E-state index contributed by atoms with van der Waals surface area (Å²) in [5.41, 5.74) is 0.328. The molecule has 0 aliphatic carbocycles. The summed E-state index contributed by atoms with van der Waals surface area (Å²) in [5.74, 6) is -0.639. The number of aldehydes is 1. The third-order valence-electron chi connectivity index (χ3n) is 1.53. The molecule has 0 spiro atoms. The fourth-order valence-corrected chi connectivity index (χ4v) is 1.10. The summed E-state index contributed by atoms with van der Waals surface area (Å²) in [6.07, 6.45) is 0.512. The zero-order valence-corrected chi connectivity index (χ0v) is 7.79. The molecule has 0 amide bonds. The summed E-state index contributed by atoms with van der Waals surface area (Å²) in [6.45, 7) is -0.311. The molecule has 0 aliphatic rings. The van der Waals surface area contributed by atoms with Gasteiger partial charge in [0.05, 0.1) is 6.61 Å². The van der Waals surface area contributed by atoms with E-state index in [2.05, 4.69) is 4.18 Å². The first kappa shape index (κ1) is 11.0. The maximum atomic E-state index is 13.1. The van der Waals surface area contributed by atoms with Crippen LogP contribution in [0.4, 0.5) is 4.39 Å². The van der Waals surface area contributed by atoms with Gasteiger partial charge in [-0.25, -0.2) is 4.39 Å².